The Balaban J connectivity index is 1.22. The molecule has 0 bridgehead atoms. The molecule has 0 spiro atoms. The normalized spacial score (nSPS) is 14.3. The van der Waals surface area contributed by atoms with E-state index in [4.69, 9.17) is 9.47 Å². The molecule has 2 N–H and O–H groups in total. The van der Waals surface area contributed by atoms with Crippen molar-refractivity contribution < 1.29 is 27.5 Å². The summed E-state index contributed by atoms with van der Waals surface area (Å²) in [6.45, 7) is 3.83. The summed E-state index contributed by atoms with van der Waals surface area (Å²) in [6, 6.07) is 27.8. The monoisotopic (exact) mass is 585 g/mol. The number of nitrogens with one attached hydrogen (secondary N) is 2. The molecule has 0 aromatic heterocycles. The molecule has 0 radical (unpaired) electrons. The number of rotatable bonds is 9. The van der Waals surface area contributed by atoms with Gasteiger partial charge in [0.15, 0.2) is 12.7 Å². The van der Waals surface area contributed by atoms with Crippen molar-refractivity contribution in [3.63, 3.8) is 0 Å². The van der Waals surface area contributed by atoms with Crippen LogP contribution in [0.15, 0.2) is 102 Å². The fourth-order valence-electron chi connectivity index (χ4n) is 4.69. The van der Waals surface area contributed by atoms with Crippen LogP contribution in [-0.4, -0.2) is 39.5 Å². The summed E-state index contributed by atoms with van der Waals surface area (Å²) in [4.78, 5) is 27.7. The van der Waals surface area contributed by atoms with Crippen LogP contribution < -0.4 is 24.4 Å². The number of ether oxygens (including phenoxy) is 2. The van der Waals surface area contributed by atoms with E-state index in [1.165, 1.54) is 29.2 Å². The minimum atomic E-state index is -3.81. The van der Waals surface area contributed by atoms with Crippen molar-refractivity contribution in [2.24, 2.45) is 0 Å². The van der Waals surface area contributed by atoms with E-state index in [1.807, 2.05) is 50.2 Å². The number of hydrogen-bond donors (Lipinski definition) is 2. The quantitative estimate of drug-likeness (QED) is 0.297. The Hall–Kier alpha value is -4.83. The fourth-order valence-corrected chi connectivity index (χ4v) is 5.73. The molecular weight excluding hydrogens is 554 g/mol. The molecular formula is C32H31N3O6S. The smallest absolute Gasteiger partial charge is 0.265 e. The van der Waals surface area contributed by atoms with Crippen molar-refractivity contribution >= 4 is 33.2 Å². The van der Waals surface area contributed by atoms with E-state index >= 15 is 0 Å². The highest BCUT2D eigenvalue weighted by atomic mass is 32.2. The Labute approximate surface area is 245 Å². The first-order valence-corrected chi connectivity index (χ1v) is 14.9. The zero-order chi connectivity index (χ0) is 29.7. The molecule has 0 fully saturated rings. The topological polar surface area (TPSA) is 114 Å². The third kappa shape index (κ3) is 6.90. The molecule has 1 heterocycles. The Morgan fingerprint density at radius 2 is 1.57 bits per heavy atom. The number of anilines is 2. The molecule has 4 aromatic rings. The van der Waals surface area contributed by atoms with E-state index in [0.717, 1.165) is 16.7 Å². The molecule has 1 atom stereocenters. The van der Waals surface area contributed by atoms with Gasteiger partial charge in [-0.15, -0.1) is 0 Å². The standard InChI is InChI=1S/C32H31N3O6S/c1-22-16-23(2)18-25(17-22)34-42(38,39)27-14-12-26(13-15-27)40-21-31(36)35-20-30(41-29-11-7-6-10-28(29)35)32(37)33-19-24-8-4-3-5-9-24/h3-18,30,34H,19-21H2,1-2H3,(H,33,37)/t30-/m1/s1. The summed E-state index contributed by atoms with van der Waals surface area (Å²) in [5, 5.41) is 2.87. The van der Waals surface area contributed by atoms with Crippen LogP contribution in [0.2, 0.25) is 0 Å². The Bertz CT molecular complexity index is 1670. The SMILES string of the molecule is Cc1cc(C)cc(NS(=O)(=O)c2ccc(OCC(=O)N3C[C@H](C(=O)NCc4ccccc4)Oc4ccccc43)cc2)c1. The van der Waals surface area contributed by atoms with Crippen molar-refractivity contribution in [3.8, 4) is 11.5 Å². The minimum Gasteiger partial charge on any atom is -0.484 e. The van der Waals surface area contributed by atoms with Crippen molar-refractivity contribution in [1.82, 2.24) is 5.32 Å². The third-order valence-electron chi connectivity index (χ3n) is 6.65. The zero-order valence-corrected chi connectivity index (χ0v) is 24.1. The second-order valence-corrected chi connectivity index (χ2v) is 11.7. The summed E-state index contributed by atoms with van der Waals surface area (Å²) >= 11 is 0. The predicted octanol–water partition coefficient (Wildman–Crippen LogP) is 4.59. The van der Waals surface area contributed by atoms with Gasteiger partial charge in [0.25, 0.3) is 21.8 Å². The van der Waals surface area contributed by atoms with E-state index in [1.54, 1.807) is 36.4 Å². The molecule has 216 valence electrons. The fraction of sp³-hybridized carbons (Fsp3) is 0.188. The highest BCUT2D eigenvalue weighted by Gasteiger charge is 2.33. The van der Waals surface area contributed by atoms with Gasteiger partial charge in [0, 0.05) is 12.2 Å². The van der Waals surface area contributed by atoms with Gasteiger partial charge in [-0.3, -0.25) is 14.3 Å². The number of nitrogens with zero attached hydrogens (tertiary/aromatic N) is 1. The average Bonchev–Trinajstić information content (AvgIpc) is 2.98. The molecule has 42 heavy (non-hydrogen) atoms. The lowest BCUT2D eigenvalue weighted by molar-refractivity contribution is -0.128. The van der Waals surface area contributed by atoms with Crippen molar-refractivity contribution in [2.75, 3.05) is 22.8 Å². The van der Waals surface area contributed by atoms with Crippen molar-refractivity contribution in [3.05, 3.63) is 114 Å². The summed E-state index contributed by atoms with van der Waals surface area (Å²) in [5.41, 5.74) is 3.86. The lowest BCUT2D eigenvalue weighted by Crippen LogP contribution is -2.51. The molecule has 0 saturated heterocycles. The van der Waals surface area contributed by atoms with Crippen LogP contribution in [0, 0.1) is 13.8 Å². The minimum absolute atomic E-state index is 0.0150. The average molecular weight is 586 g/mol. The van der Waals surface area contributed by atoms with Crippen LogP contribution in [-0.2, 0) is 26.2 Å². The molecule has 1 aliphatic rings. The van der Waals surface area contributed by atoms with E-state index in [2.05, 4.69) is 10.0 Å². The van der Waals surface area contributed by atoms with Gasteiger partial charge in [0.05, 0.1) is 17.1 Å². The van der Waals surface area contributed by atoms with Gasteiger partial charge in [-0.2, -0.15) is 0 Å². The lowest BCUT2D eigenvalue weighted by atomic mass is 10.1. The summed E-state index contributed by atoms with van der Waals surface area (Å²) in [5.74, 6) is 0.0355. The van der Waals surface area contributed by atoms with Crippen molar-refractivity contribution in [2.45, 2.75) is 31.4 Å². The van der Waals surface area contributed by atoms with Crippen LogP contribution in [0.1, 0.15) is 16.7 Å². The first kappa shape index (κ1) is 28.7. The van der Waals surface area contributed by atoms with Gasteiger partial charge >= 0.3 is 0 Å². The van der Waals surface area contributed by atoms with Crippen LogP contribution in [0.25, 0.3) is 0 Å². The maximum atomic E-state index is 13.3. The highest BCUT2D eigenvalue weighted by Crippen LogP contribution is 2.33. The molecule has 1 aliphatic heterocycles. The maximum Gasteiger partial charge on any atom is 0.265 e. The molecule has 4 aromatic carbocycles. The van der Waals surface area contributed by atoms with Gasteiger partial charge < -0.3 is 19.7 Å². The first-order chi connectivity index (χ1) is 20.2. The first-order valence-electron chi connectivity index (χ1n) is 13.4. The number of aryl methyl sites for hydroxylation is 2. The molecule has 0 aliphatic carbocycles. The second-order valence-electron chi connectivity index (χ2n) is 10.0. The molecule has 0 saturated carbocycles. The zero-order valence-electron chi connectivity index (χ0n) is 23.2. The lowest BCUT2D eigenvalue weighted by Gasteiger charge is -2.34. The number of hydrogen-bond acceptors (Lipinski definition) is 6. The Kier molecular flexibility index (Phi) is 8.44. The predicted molar refractivity (Wildman–Crippen MR) is 160 cm³/mol. The number of carbonyl (C=O) groups excluding carboxylic acids is 2. The second kappa shape index (κ2) is 12.4. The number of sulfonamides is 1. The number of carbonyl (C=O) groups is 2. The molecule has 9 nitrogen and oxygen atoms in total. The van der Waals surface area contributed by atoms with E-state index in [-0.39, 0.29) is 29.9 Å². The van der Waals surface area contributed by atoms with Crippen LogP contribution in [0.4, 0.5) is 11.4 Å². The summed E-state index contributed by atoms with van der Waals surface area (Å²) < 4.78 is 40.0. The summed E-state index contributed by atoms with van der Waals surface area (Å²) in [6.07, 6.45) is -0.901. The van der Waals surface area contributed by atoms with Gasteiger partial charge in [-0.25, -0.2) is 8.42 Å². The molecule has 10 heteroatoms. The van der Waals surface area contributed by atoms with Crippen molar-refractivity contribution in [1.29, 1.82) is 0 Å². The summed E-state index contributed by atoms with van der Waals surface area (Å²) in [7, 11) is -3.81. The number of fused-ring (bicyclic) bond motifs is 1. The van der Waals surface area contributed by atoms with Gasteiger partial charge in [-0.1, -0.05) is 48.5 Å². The molecule has 5 rings (SSSR count). The maximum absolute atomic E-state index is 13.3. The largest absolute Gasteiger partial charge is 0.484 e. The van der Waals surface area contributed by atoms with Crippen LogP contribution in [0.5, 0.6) is 11.5 Å². The highest BCUT2D eigenvalue weighted by molar-refractivity contribution is 7.92. The van der Waals surface area contributed by atoms with Gasteiger partial charge in [0.1, 0.15) is 11.5 Å². The van der Waals surface area contributed by atoms with Crippen LogP contribution in [0.3, 0.4) is 0 Å². The molecule has 2 amide bonds. The molecule has 0 unspecified atom stereocenters. The van der Waals surface area contributed by atoms with E-state index in [0.29, 0.717) is 29.4 Å². The Morgan fingerprint density at radius 1 is 0.905 bits per heavy atom. The third-order valence-corrected chi connectivity index (χ3v) is 8.04. The van der Waals surface area contributed by atoms with E-state index < -0.39 is 16.1 Å². The number of para-hydroxylation sites is 2. The van der Waals surface area contributed by atoms with Crippen LogP contribution >= 0.6 is 0 Å². The van der Waals surface area contributed by atoms with Gasteiger partial charge in [-0.05, 0) is 79.1 Å². The number of amides is 2. The van der Waals surface area contributed by atoms with E-state index in [9.17, 15) is 18.0 Å². The number of benzene rings is 4. The van der Waals surface area contributed by atoms with Gasteiger partial charge in [0.2, 0.25) is 0 Å². The Morgan fingerprint density at radius 3 is 2.29 bits per heavy atom.